The van der Waals surface area contributed by atoms with Gasteiger partial charge in [0, 0.05) is 17.5 Å². The number of nitro benzene ring substituents is 1. The topological polar surface area (TPSA) is 115 Å². The molecule has 3 rings (SSSR count). The second kappa shape index (κ2) is 9.25. The Kier molecular flexibility index (Phi) is 7.02. The minimum Gasteiger partial charge on any atom is -0.363 e. The number of rotatable bonds is 8. The SMILES string of the molecule is CC(Nc1ncnc2cc(S(=O)(=O)C(F)(F)C(F)(F)C(F)(F)C(F)(F)F)c([N+](=O)[O-])cc12)c1ccccc1. The zero-order chi connectivity index (χ0) is 28.9. The maximum atomic E-state index is 14.4. The van der Waals surface area contributed by atoms with Crippen LogP contribution in [0, 0.1) is 10.1 Å². The number of fused-ring (bicyclic) bond motifs is 1. The third-order valence-corrected chi connectivity index (χ3v) is 7.15. The zero-order valence-electron chi connectivity index (χ0n) is 18.5. The van der Waals surface area contributed by atoms with Gasteiger partial charge in [-0.2, -0.15) is 39.5 Å². The molecule has 8 nitrogen and oxygen atoms in total. The third-order valence-electron chi connectivity index (χ3n) is 5.31. The molecule has 0 aliphatic rings. The number of benzene rings is 2. The molecule has 2 aromatic carbocycles. The number of aromatic nitrogens is 2. The Labute approximate surface area is 206 Å². The molecular formula is C20H13F9N4O4S. The Morgan fingerprint density at radius 3 is 2.03 bits per heavy atom. The van der Waals surface area contributed by atoms with E-state index >= 15 is 0 Å². The smallest absolute Gasteiger partial charge is 0.363 e. The van der Waals surface area contributed by atoms with Crippen LogP contribution in [0.4, 0.5) is 51.0 Å². The Balaban J connectivity index is 2.21. The van der Waals surface area contributed by atoms with Crippen molar-refractivity contribution in [3.8, 4) is 0 Å². The molecule has 0 aliphatic carbocycles. The lowest BCUT2D eigenvalue weighted by atomic mass is 10.1. The molecule has 0 amide bonds. The lowest BCUT2D eigenvalue weighted by Gasteiger charge is -2.33. The van der Waals surface area contributed by atoms with Gasteiger partial charge < -0.3 is 5.32 Å². The number of nitrogens with zero attached hydrogens (tertiary/aromatic N) is 3. The number of halogens is 9. The van der Waals surface area contributed by atoms with Gasteiger partial charge in [-0.25, -0.2) is 18.4 Å². The number of sulfone groups is 1. The standard InChI is InChI=1S/C20H13F9N4O4S/c1-10(11-5-3-2-4-6-11)32-16-12-7-14(33(34)35)15(8-13(12)30-9-31-16)38(36,37)20(28,29)18(23,24)17(21,22)19(25,26)27/h2-10H,1H3,(H,30,31,32). The lowest BCUT2D eigenvalue weighted by Crippen LogP contribution is -2.63. The first kappa shape index (κ1) is 28.9. The summed E-state index contributed by atoms with van der Waals surface area (Å²) in [5.74, 6) is -15.3. The first-order valence-corrected chi connectivity index (χ1v) is 11.4. The summed E-state index contributed by atoms with van der Waals surface area (Å²) in [5.41, 5.74) is -1.83. The van der Waals surface area contributed by atoms with Crippen LogP contribution in [0.25, 0.3) is 10.9 Å². The molecule has 3 aromatic rings. The third kappa shape index (κ3) is 4.45. The highest BCUT2D eigenvalue weighted by molar-refractivity contribution is 7.92. The summed E-state index contributed by atoms with van der Waals surface area (Å²) >= 11 is 0. The van der Waals surface area contributed by atoms with E-state index in [4.69, 9.17) is 0 Å². The van der Waals surface area contributed by atoms with Gasteiger partial charge in [-0.3, -0.25) is 10.1 Å². The van der Waals surface area contributed by atoms with Gasteiger partial charge in [0.1, 0.15) is 12.1 Å². The summed E-state index contributed by atoms with van der Waals surface area (Å²) < 4.78 is 145. The average molecular weight is 576 g/mol. The first-order valence-electron chi connectivity index (χ1n) is 9.96. The number of hydrogen-bond donors (Lipinski definition) is 1. The number of anilines is 1. The van der Waals surface area contributed by atoms with Crippen LogP contribution in [-0.2, 0) is 9.84 Å². The molecule has 206 valence electrons. The molecule has 0 radical (unpaired) electrons. The van der Waals surface area contributed by atoms with Crippen molar-refractivity contribution in [1.82, 2.24) is 9.97 Å². The monoisotopic (exact) mass is 576 g/mol. The molecule has 1 unspecified atom stereocenters. The van der Waals surface area contributed by atoms with Crippen molar-refractivity contribution in [3.63, 3.8) is 0 Å². The summed E-state index contributed by atoms with van der Waals surface area (Å²) in [6.07, 6.45) is -6.57. The zero-order valence-corrected chi connectivity index (χ0v) is 19.3. The molecule has 1 aromatic heterocycles. The van der Waals surface area contributed by atoms with E-state index in [1.165, 1.54) is 0 Å². The van der Waals surface area contributed by atoms with E-state index in [0.29, 0.717) is 11.6 Å². The molecule has 0 fully saturated rings. The molecule has 0 saturated carbocycles. The summed E-state index contributed by atoms with van der Waals surface area (Å²) in [4.78, 5) is 15.0. The van der Waals surface area contributed by atoms with Crippen molar-refractivity contribution in [1.29, 1.82) is 0 Å². The van der Waals surface area contributed by atoms with Crippen LogP contribution in [0.1, 0.15) is 18.5 Å². The van der Waals surface area contributed by atoms with Gasteiger partial charge in [0.25, 0.3) is 15.5 Å². The van der Waals surface area contributed by atoms with E-state index in [0.717, 1.165) is 6.33 Å². The van der Waals surface area contributed by atoms with Crippen LogP contribution < -0.4 is 5.32 Å². The molecule has 0 saturated heterocycles. The van der Waals surface area contributed by atoms with Gasteiger partial charge in [-0.15, -0.1) is 0 Å². The van der Waals surface area contributed by atoms with Crippen LogP contribution in [0.15, 0.2) is 53.7 Å². The number of nitro groups is 1. The second-order valence-electron chi connectivity index (χ2n) is 7.76. The highest BCUT2D eigenvalue weighted by Gasteiger charge is 2.85. The highest BCUT2D eigenvalue weighted by Crippen LogP contribution is 2.56. The van der Waals surface area contributed by atoms with Crippen molar-refractivity contribution in [3.05, 3.63) is 64.5 Å². The predicted molar refractivity (Wildman–Crippen MR) is 113 cm³/mol. The minimum atomic E-state index is -7.57. The number of alkyl halides is 9. The molecule has 18 heteroatoms. The van der Waals surface area contributed by atoms with Gasteiger partial charge in [0.05, 0.1) is 10.4 Å². The fourth-order valence-corrected chi connectivity index (χ4v) is 4.66. The highest BCUT2D eigenvalue weighted by atomic mass is 32.2. The van der Waals surface area contributed by atoms with Crippen LogP contribution >= 0.6 is 0 Å². The molecule has 0 aliphatic heterocycles. The summed E-state index contributed by atoms with van der Waals surface area (Å²) in [6, 6.07) is 8.12. The van der Waals surface area contributed by atoms with E-state index in [-0.39, 0.29) is 17.3 Å². The van der Waals surface area contributed by atoms with E-state index in [9.17, 15) is 58.0 Å². The van der Waals surface area contributed by atoms with E-state index in [1.54, 1.807) is 37.3 Å². The summed E-state index contributed by atoms with van der Waals surface area (Å²) in [5, 5.41) is 6.78. The van der Waals surface area contributed by atoms with Crippen molar-refractivity contribution in [2.24, 2.45) is 0 Å². The molecule has 1 atom stereocenters. The van der Waals surface area contributed by atoms with Crippen molar-refractivity contribution < 1.29 is 52.9 Å². The number of nitrogens with one attached hydrogen (secondary N) is 1. The Bertz CT molecular complexity index is 1480. The van der Waals surface area contributed by atoms with E-state index in [2.05, 4.69) is 15.3 Å². The van der Waals surface area contributed by atoms with Crippen LogP contribution in [0.2, 0.25) is 0 Å². The van der Waals surface area contributed by atoms with Gasteiger partial charge in [0.15, 0.2) is 4.90 Å². The molecule has 38 heavy (non-hydrogen) atoms. The number of hydrogen-bond acceptors (Lipinski definition) is 7. The largest absolute Gasteiger partial charge is 0.460 e. The lowest BCUT2D eigenvalue weighted by molar-refractivity contribution is -0.388. The summed E-state index contributed by atoms with van der Waals surface area (Å²) in [6.45, 7) is 1.61. The quantitative estimate of drug-likeness (QED) is 0.201. The van der Waals surface area contributed by atoms with E-state index < -0.39 is 60.2 Å². The van der Waals surface area contributed by atoms with Crippen molar-refractivity contribution >= 4 is 32.2 Å². The van der Waals surface area contributed by atoms with Crippen molar-refractivity contribution in [2.75, 3.05) is 5.32 Å². The molecule has 0 spiro atoms. The van der Waals surface area contributed by atoms with Crippen molar-refractivity contribution in [2.45, 2.75) is 41.1 Å². The van der Waals surface area contributed by atoms with Crippen LogP contribution in [-0.4, -0.2) is 46.6 Å². The Morgan fingerprint density at radius 2 is 1.50 bits per heavy atom. The van der Waals surface area contributed by atoms with Crippen LogP contribution in [0.3, 0.4) is 0 Å². The predicted octanol–water partition coefficient (Wildman–Crippen LogP) is 5.91. The molecule has 0 bridgehead atoms. The minimum absolute atomic E-state index is 0.0153. The fraction of sp³-hybridized carbons (Fsp3) is 0.300. The first-order chi connectivity index (χ1) is 17.3. The van der Waals surface area contributed by atoms with Gasteiger partial charge in [-0.1, -0.05) is 30.3 Å². The Morgan fingerprint density at radius 1 is 0.921 bits per heavy atom. The Hall–Kier alpha value is -3.70. The van der Waals surface area contributed by atoms with Gasteiger partial charge in [-0.05, 0) is 18.6 Å². The normalized spacial score (nSPS) is 14.4. The van der Waals surface area contributed by atoms with E-state index in [1.807, 2.05) is 0 Å². The second-order valence-corrected chi connectivity index (χ2v) is 9.72. The fourth-order valence-electron chi connectivity index (χ4n) is 3.24. The van der Waals surface area contributed by atoms with Gasteiger partial charge in [0.2, 0.25) is 0 Å². The van der Waals surface area contributed by atoms with Crippen LogP contribution in [0.5, 0.6) is 0 Å². The maximum absolute atomic E-state index is 14.4. The molecule has 1 heterocycles. The van der Waals surface area contributed by atoms with Gasteiger partial charge >= 0.3 is 23.3 Å². The average Bonchev–Trinajstić information content (AvgIpc) is 2.82. The molecule has 1 N–H and O–H groups in total. The molecular weight excluding hydrogens is 563 g/mol. The summed E-state index contributed by atoms with van der Waals surface area (Å²) in [7, 11) is -7.27. The maximum Gasteiger partial charge on any atom is 0.460 e.